The molecule has 0 aliphatic heterocycles. The zero-order chi connectivity index (χ0) is 13.5. The fraction of sp³-hybridized carbons (Fsp3) is 0.500. The Morgan fingerprint density at radius 2 is 1.94 bits per heavy atom. The first-order valence-corrected chi connectivity index (χ1v) is 6.28. The highest BCUT2D eigenvalue weighted by atomic mass is 16.3. The van der Waals surface area contributed by atoms with Gasteiger partial charge in [0.2, 0.25) is 0 Å². The molecular formula is C14H22N2O2. The molecule has 1 unspecified atom stereocenters. The molecule has 0 radical (unpaired) electrons. The Bertz CT molecular complexity index is 374. The molecule has 4 nitrogen and oxygen atoms in total. The molecule has 1 atom stereocenters. The molecule has 0 bridgehead atoms. The zero-order valence-corrected chi connectivity index (χ0v) is 11.0. The molecule has 0 saturated heterocycles. The first kappa shape index (κ1) is 14.7. The second-order valence-corrected chi connectivity index (χ2v) is 4.89. The molecule has 1 aromatic rings. The highest BCUT2D eigenvalue weighted by Crippen LogP contribution is 2.05. The van der Waals surface area contributed by atoms with Crippen LogP contribution in [-0.2, 0) is 6.54 Å². The fourth-order valence-electron chi connectivity index (χ4n) is 1.73. The summed E-state index contributed by atoms with van der Waals surface area (Å²) in [5.41, 5.74) is 7.07. The second-order valence-electron chi connectivity index (χ2n) is 4.89. The van der Waals surface area contributed by atoms with Crippen molar-refractivity contribution in [3.63, 3.8) is 0 Å². The van der Waals surface area contributed by atoms with Crippen LogP contribution in [0.25, 0.3) is 0 Å². The first-order valence-electron chi connectivity index (χ1n) is 6.28. The Morgan fingerprint density at radius 3 is 2.44 bits per heavy atom. The van der Waals surface area contributed by atoms with Gasteiger partial charge in [-0.15, -0.1) is 0 Å². The summed E-state index contributed by atoms with van der Waals surface area (Å²) >= 11 is 0. The summed E-state index contributed by atoms with van der Waals surface area (Å²) in [6.07, 6.45) is 0.198. The quantitative estimate of drug-likeness (QED) is 0.712. The summed E-state index contributed by atoms with van der Waals surface area (Å²) in [5.74, 6) is 0.252. The van der Waals surface area contributed by atoms with Gasteiger partial charge in [0.15, 0.2) is 0 Å². The van der Waals surface area contributed by atoms with Crippen molar-refractivity contribution in [3.8, 4) is 0 Å². The van der Waals surface area contributed by atoms with Crippen LogP contribution < -0.4 is 11.1 Å². The average molecular weight is 250 g/mol. The van der Waals surface area contributed by atoms with E-state index in [1.807, 2.05) is 26.0 Å². The van der Waals surface area contributed by atoms with E-state index in [1.165, 1.54) is 0 Å². The van der Waals surface area contributed by atoms with E-state index in [2.05, 4.69) is 5.32 Å². The van der Waals surface area contributed by atoms with Crippen molar-refractivity contribution in [2.24, 2.45) is 11.7 Å². The molecule has 100 valence electrons. The third-order valence-corrected chi connectivity index (χ3v) is 2.69. The molecule has 1 amide bonds. The summed E-state index contributed by atoms with van der Waals surface area (Å²) in [5, 5.41) is 12.4. The van der Waals surface area contributed by atoms with Crippen molar-refractivity contribution in [3.05, 3.63) is 35.4 Å². The molecule has 1 rings (SSSR count). The summed E-state index contributed by atoms with van der Waals surface area (Å²) in [4.78, 5) is 11.8. The van der Waals surface area contributed by atoms with Crippen LogP contribution in [0, 0.1) is 5.92 Å². The summed E-state index contributed by atoms with van der Waals surface area (Å²) in [7, 11) is 0. The minimum absolute atomic E-state index is 0.165. The number of aliphatic hydroxyl groups excluding tert-OH is 1. The van der Waals surface area contributed by atoms with Gasteiger partial charge in [0.05, 0.1) is 6.10 Å². The molecular weight excluding hydrogens is 228 g/mol. The number of nitrogens with one attached hydrogen (secondary N) is 1. The predicted molar refractivity (Wildman–Crippen MR) is 72.1 cm³/mol. The lowest BCUT2D eigenvalue weighted by molar-refractivity contribution is 0.0900. The van der Waals surface area contributed by atoms with E-state index < -0.39 is 6.10 Å². The van der Waals surface area contributed by atoms with E-state index in [0.717, 1.165) is 5.56 Å². The number of rotatable bonds is 6. The zero-order valence-electron chi connectivity index (χ0n) is 11.0. The first-order chi connectivity index (χ1) is 8.52. The van der Waals surface area contributed by atoms with Crippen LogP contribution in [0.4, 0.5) is 0 Å². The molecule has 0 heterocycles. The third-order valence-electron chi connectivity index (χ3n) is 2.69. The van der Waals surface area contributed by atoms with E-state index in [9.17, 15) is 9.90 Å². The van der Waals surface area contributed by atoms with Crippen LogP contribution >= 0.6 is 0 Å². The Labute approximate surface area is 108 Å². The molecule has 0 saturated carbocycles. The van der Waals surface area contributed by atoms with Crippen LogP contribution in [0.2, 0.25) is 0 Å². The lowest BCUT2D eigenvalue weighted by Gasteiger charge is -2.13. The van der Waals surface area contributed by atoms with Crippen LogP contribution in [-0.4, -0.2) is 23.7 Å². The third kappa shape index (κ3) is 4.85. The van der Waals surface area contributed by atoms with Crippen molar-refractivity contribution >= 4 is 5.91 Å². The molecule has 0 aliphatic carbocycles. The Morgan fingerprint density at radius 1 is 1.33 bits per heavy atom. The van der Waals surface area contributed by atoms with E-state index >= 15 is 0 Å². The largest absolute Gasteiger partial charge is 0.391 e. The number of benzene rings is 1. The highest BCUT2D eigenvalue weighted by Gasteiger charge is 2.10. The summed E-state index contributed by atoms with van der Waals surface area (Å²) < 4.78 is 0. The van der Waals surface area contributed by atoms with Crippen molar-refractivity contribution in [2.45, 2.75) is 32.9 Å². The number of carbonyl (C=O) groups is 1. The smallest absolute Gasteiger partial charge is 0.251 e. The summed E-state index contributed by atoms with van der Waals surface area (Å²) in [6.45, 7) is 4.83. The minimum Gasteiger partial charge on any atom is -0.391 e. The number of hydrogen-bond donors (Lipinski definition) is 3. The van der Waals surface area contributed by atoms with Gasteiger partial charge in [-0.2, -0.15) is 0 Å². The van der Waals surface area contributed by atoms with E-state index in [4.69, 9.17) is 5.73 Å². The van der Waals surface area contributed by atoms with E-state index in [-0.39, 0.29) is 12.5 Å². The van der Waals surface area contributed by atoms with Gasteiger partial charge >= 0.3 is 0 Å². The van der Waals surface area contributed by atoms with Gasteiger partial charge in [-0.3, -0.25) is 4.79 Å². The number of amides is 1. The monoisotopic (exact) mass is 250 g/mol. The van der Waals surface area contributed by atoms with Gasteiger partial charge in [0.1, 0.15) is 0 Å². The maximum atomic E-state index is 11.8. The summed E-state index contributed by atoms with van der Waals surface area (Å²) in [6, 6.07) is 7.15. The van der Waals surface area contributed by atoms with Crippen molar-refractivity contribution in [1.82, 2.24) is 5.32 Å². The molecule has 0 spiro atoms. The van der Waals surface area contributed by atoms with E-state index in [1.54, 1.807) is 12.1 Å². The second kappa shape index (κ2) is 7.13. The Kier molecular flexibility index (Phi) is 5.82. The van der Waals surface area contributed by atoms with Gasteiger partial charge in [-0.25, -0.2) is 0 Å². The normalized spacial score (nSPS) is 12.5. The molecule has 0 aliphatic rings. The van der Waals surface area contributed by atoms with Gasteiger partial charge < -0.3 is 16.2 Å². The number of carbonyl (C=O) groups excluding carboxylic acids is 1. The fourth-order valence-corrected chi connectivity index (χ4v) is 1.73. The van der Waals surface area contributed by atoms with Crippen molar-refractivity contribution in [1.29, 1.82) is 0 Å². The number of nitrogens with two attached hydrogens (primary N) is 1. The minimum atomic E-state index is -0.489. The maximum Gasteiger partial charge on any atom is 0.251 e. The van der Waals surface area contributed by atoms with Crippen LogP contribution in [0.15, 0.2) is 24.3 Å². The van der Waals surface area contributed by atoms with Crippen LogP contribution in [0.5, 0.6) is 0 Å². The van der Waals surface area contributed by atoms with Crippen LogP contribution in [0.3, 0.4) is 0 Å². The SMILES string of the molecule is CC(C)CC(O)CNC(=O)c1ccc(CN)cc1. The lowest BCUT2D eigenvalue weighted by atomic mass is 10.1. The maximum absolute atomic E-state index is 11.8. The Hall–Kier alpha value is -1.39. The standard InChI is InChI=1S/C14H22N2O2/c1-10(2)7-13(17)9-16-14(18)12-5-3-11(8-15)4-6-12/h3-6,10,13,17H,7-9,15H2,1-2H3,(H,16,18). The molecule has 0 fully saturated rings. The Balaban J connectivity index is 2.44. The van der Waals surface area contributed by atoms with Gasteiger partial charge in [-0.1, -0.05) is 26.0 Å². The topological polar surface area (TPSA) is 75.3 Å². The van der Waals surface area contributed by atoms with E-state index in [0.29, 0.717) is 24.4 Å². The molecule has 4 N–H and O–H groups in total. The van der Waals surface area contributed by atoms with Gasteiger partial charge in [-0.05, 0) is 30.0 Å². The number of hydrogen-bond acceptors (Lipinski definition) is 3. The van der Waals surface area contributed by atoms with Crippen LogP contribution in [0.1, 0.15) is 36.2 Å². The molecule has 4 heteroatoms. The average Bonchev–Trinajstić information content (AvgIpc) is 2.35. The van der Waals surface area contributed by atoms with Gasteiger partial charge in [0.25, 0.3) is 5.91 Å². The number of aliphatic hydroxyl groups is 1. The molecule has 0 aromatic heterocycles. The van der Waals surface area contributed by atoms with Gasteiger partial charge in [0, 0.05) is 18.7 Å². The molecule has 18 heavy (non-hydrogen) atoms. The van der Waals surface area contributed by atoms with Crippen molar-refractivity contribution < 1.29 is 9.90 Å². The highest BCUT2D eigenvalue weighted by molar-refractivity contribution is 5.94. The van der Waals surface area contributed by atoms with Crippen molar-refractivity contribution in [2.75, 3.05) is 6.54 Å². The lowest BCUT2D eigenvalue weighted by Crippen LogP contribution is -2.32. The molecule has 1 aromatic carbocycles. The predicted octanol–water partition coefficient (Wildman–Crippen LogP) is 1.28.